The summed E-state index contributed by atoms with van der Waals surface area (Å²) in [7, 11) is 0. The molecule has 4 nitrogen and oxygen atoms in total. The maximum atomic E-state index is 11.7. The first kappa shape index (κ1) is 11.9. The lowest BCUT2D eigenvalue weighted by Crippen LogP contribution is -2.46. The lowest BCUT2D eigenvalue weighted by atomic mass is 9.85. The first-order valence-corrected chi connectivity index (χ1v) is 6.31. The van der Waals surface area contributed by atoms with E-state index in [1.54, 1.807) is 0 Å². The van der Waals surface area contributed by atoms with E-state index in [9.17, 15) is 9.90 Å². The molecule has 2 rings (SSSR count). The first-order valence-electron chi connectivity index (χ1n) is 6.31. The summed E-state index contributed by atoms with van der Waals surface area (Å²) in [4.78, 5) is 11.7. The monoisotopic (exact) mass is 227 g/mol. The Morgan fingerprint density at radius 2 is 2.06 bits per heavy atom. The van der Waals surface area contributed by atoms with Crippen LogP contribution in [0.25, 0.3) is 0 Å². The summed E-state index contributed by atoms with van der Waals surface area (Å²) in [5.74, 6) is -0.0588. The Bertz CT molecular complexity index is 243. The van der Waals surface area contributed by atoms with Crippen molar-refractivity contribution in [3.63, 3.8) is 0 Å². The minimum absolute atomic E-state index is 0.0588. The van der Waals surface area contributed by atoms with Crippen LogP contribution in [0.5, 0.6) is 0 Å². The molecule has 1 saturated heterocycles. The minimum Gasteiger partial charge on any atom is -0.388 e. The van der Waals surface area contributed by atoms with Crippen LogP contribution < -0.4 is 5.32 Å². The van der Waals surface area contributed by atoms with Gasteiger partial charge >= 0.3 is 0 Å². The molecule has 1 atom stereocenters. The highest BCUT2D eigenvalue weighted by atomic mass is 16.5. The number of carbonyl (C=O) groups excluding carboxylic acids is 1. The minimum atomic E-state index is -0.674. The molecule has 1 saturated carbocycles. The van der Waals surface area contributed by atoms with Crippen molar-refractivity contribution in [3.05, 3.63) is 0 Å². The SMILES string of the molecule is O=C(NCC1(O)CCCCC1)C1CCCO1. The number of amides is 1. The Morgan fingerprint density at radius 1 is 1.31 bits per heavy atom. The lowest BCUT2D eigenvalue weighted by molar-refractivity contribution is -0.131. The molecule has 2 aliphatic rings. The number of carbonyl (C=O) groups is 1. The Balaban J connectivity index is 1.75. The fourth-order valence-corrected chi connectivity index (χ4v) is 2.54. The molecule has 0 spiro atoms. The highest BCUT2D eigenvalue weighted by molar-refractivity contribution is 5.81. The zero-order valence-electron chi connectivity index (χ0n) is 9.71. The summed E-state index contributed by atoms with van der Waals surface area (Å²) in [6.45, 7) is 1.06. The molecule has 1 aliphatic heterocycles. The first-order chi connectivity index (χ1) is 7.70. The van der Waals surface area contributed by atoms with Gasteiger partial charge in [-0.15, -0.1) is 0 Å². The number of aliphatic hydroxyl groups is 1. The Kier molecular flexibility index (Phi) is 3.82. The van der Waals surface area contributed by atoms with E-state index in [0.29, 0.717) is 13.2 Å². The molecule has 0 aromatic rings. The summed E-state index contributed by atoms with van der Waals surface area (Å²) < 4.78 is 5.29. The Labute approximate surface area is 96.4 Å². The van der Waals surface area contributed by atoms with Crippen molar-refractivity contribution >= 4 is 5.91 Å². The molecule has 4 heteroatoms. The highest BCUT2D eigenvalue weighted by Crippen LogP contribution is 2.27. The second-order valence-electron chi connectivity index (χ2n) is 5.00. The molecule has 16 heavy (non-hydrogen) atoms. The van der Waals surface area contributed by atoms with Gasteiger partial charge in [0, 0.05) is 13.2 Å². The molecular formula is C12H21NO3. The van der Waals surface area contributed by atoms with Crippen LogP contribution in [-0.4, -0.2) is 35.9 Å². The van der Waals surface area contributed by atoms with Gasteiger partial charge in [-0.3, -0.25) is 4.79 Å². The highest BCUT2D eigenvalue weighted by Gasteiger charge is 2.31. The van der Waals surface area contributed by atoms with Crippen LogP contribution in [0, 0.1) is 0 Å². The number of hydrogen-bond donors (Lipinski definition) is 2. The topological polar surface area (TPSA) is 58.6 Å². The molecule has 1 aliphatic carbocycles. The number of nitrogens with one attached hydrogen (secondary N) is 1. The van der Waals surface area contributed by atoms with Gasteiger partial charge in [0.15, 0.2) is 0 Å². The van der Waals surface area contributed by atoms with Crippen LogP contribution in [-0.2, 0) is 9.53 Å². The van der Waals surface area contributed by atoms with Gasteiger partial charge in [0.05, 0.1) is 5.60 Å². The average molecular weight is 227 g/mol. The fraction of sp³-hybridized carbons (Fsp3) is 0.917. The third-order valence-electron chi connectivity index (χ3n) is 3.60. The second-order valence-corrected chi connectivity index (χ2v) is 5.00. The molecule has 1 amide bonds. The van der Waals surface area contributed by atoms with Gasteiger partial charge in [0.2, 0.25) is 5.91 Å². The van der Waals surface area contributed by atoms with Gasteiger partial charge < -0.3 is 15.2 Å². The van der Waals surface area contributed by atoms with Crippen LogP contribution >= 0.6 is 0 Å². The molecular weight excluding hydrogens is 206 g/mol. The summed E-state index contributed by atoms with van der Waals surface area (Å²) in [6, 6.07) is 0. The van der Waals surface area contributed by atoms with Crippen LogP contribution in [0.3, 0.4) is 0 Å². The van der Waals surface area contributed by atoms with Crippen molar-refractivity contribution in [2.75, 3.05) is 13.2 Å². The van der Waals surface area contributed by atoms with Crippen molar-refractivity contribution in [3.8, 4) is 0 Å². The standard InChI is InChI=1S/C12H21NO3/c14-11(10-5-4-8-16-10)13-9-12(15)6-2-1-3-7-12/h10,15H,1-9H2,(H,13,14). The third kappa shape index (κ3) is 2.95. The fourth-order valence-electron chi connectivity index (χ4n) is 2.54. The van der Waals surface area contributed by atoms with Crippen molar-refractivity contribution in [2.24, 2.45) is 0 Å². The van der Waals surface area contributed by atoms with Crippen molar-refractivity contribution in [2.45, 2.75) is 56.7 Å². The number of rotatable bonds is 3. The maximum Gasteiger partial charge on any atom is 0.249 e. The molecule has 1 unspecified atom stereocenters. The quantitative estimate of drug-likeness (QED) is 0.755. The van der Waals surface area contributed by atoms with E-state index in [-0.39, 0.29) is 12.0 Å². The molecule has 2 fully saturated rings. The van der Waals surface area contributed by atoms with Gasteiger partial charge in [-0.1, -0.05) is 19.3 Å². The van der Waals surface area contributed by atoms with E-state index >= 15 is 0 Å². The predicted octanol–water partition coefficient (Wildman–Crippen LogP) is 0.977. The van der Waals surface area contributed by atoms with Gasteiger partial charge in [0.1, 0.15) is 6.10 Å². The Hall–Kier alpha value is -0.610. The van der Waals surface area contributed by atoms with Gasteiger partial charge in [-0.25, -0.2) is 0 Å². The maximum absolute atomic E-state index is 11.7. The smallest absolute Gasteiger partial charge is 0.249 e. The summed E-state index contributed by atoms with van der Waals surface area (Å²) in [5, 5.41) is 13.0. The van der Waals surface area contributed by atoms with E-state index in [0.717, 1.165) is 38.5 Å². The second kappa shape index (κ2) is 5.15. The zero-order chi connectivity index (χ0) is 11.4. The Morgan fingerprint density at radius 3 is 2.69 bits per heavy atom. The molecule has 92 valence electrons. The molecule has 1 heterocycles. The summed E-state index contributed by atoms with van der Waals surface area (Å²) in [5.41, 5.74) is -0.674. The predicted molar refractivity (Wildman–Crippen MR) is 60.0 cm³/mol. The number of hydrogen-bond acceptors (Lipinski definition) is 3. The van der Waals surface area contributed by atoms with Crippen molar-refractivity contribution in [1.82, 2.24) is 5.32 Å². The summed E-state index contributed by atoms with van der Waals surface area (Å²) in [6.07, 6.45) is 6.41. The summed E-state index contributed by atoms with van der Waals surface area (Å²) >= 11 is 0. The van der Waals surface area contributed by atoms with E-state index < -0.39 is 5.60 Å². The van der Waals surface area contributed by atoms with Crippen LogP contribution in [0.4, 0.5) is 0 Å². The molecule has 2 N–H and O–H groups in total. The van der Waals surface area contributed by atoms with Crippen molar-refractivity contribution < 1.29 is 14.6 Å². The van der Waals surface area contributed by atoms with Crippen LogP contribution in [0.1, 0.15) is 44.9 Å². The molecule has 0 aromatic heterocycles. The molecule has 0 radical (unpaired) electrons. The average Bonchev–Trinajstić information content (AvgIpc) is 2.80. The van der Waals surface area contributed by atoms with Crippen LogP contribution in [0.2, 0.25) is 0 Å². The lowest BCUT2D eigenvalue weighted by Gasteiger charge is -2.32. The van der Waals surface area contributed by atoms with Gasteiger partial charge in [-0.05, 0) is 25.7 Å². The van der Waals surface area contributed by atoms with E-state index in [1.807, 2.05) is 0 Å². The van der Waals surface area contributed by atoms with E-state index in [1.165, 1.54) is 6.42 Å². The van der Waals surface area contributed by atoms with Crippen LogP contribution in [0.15, 0.2) is 0 Å². The largest absolute Gasteiger partial charge is 0.388 e. The molecule has 0 aromatic carbocycles. The van der Waals surface area contributed by atoms with Gasteiger partial charge in [-0.2, -0.15) is 0 Å². The van der Waals surface area contributed by atoms with Crippen molar-refractivity contribution in [1.29, 1.82) is 0 Å². The normalized spacial score (nSPS) is 28.9. The van der Waals surface area contributed by atoms with E-state index in [2.05, 4.69) is 5.32 Å². The zero-order valence-corrected chi connectivity index (χ0v) is 9.71. The van der Waals surface area contributed by atoms with Gasteiger partial charge in [0.25, 0.3) is 0 Å². The third-order valence-corrected chi connectivity index (χ3v) is 3.60. The van der Waals surface area contributed by atoms with E-state index in [4.69, 9.17) is 4.74 Å². The number of ether oxygens (including phenoxy) is 1. The molecule has 0 bridgehead atoms.